The first-order valence-corrected chi connectivity index (χ1v) is 6.31. The Morgan fingerprint density at radius 3 is 2.59 bits per heavy atom. The number of alkyl halides is 2. The molecule has 1 heterocycles. The second-order valence-corrected chi connectivity index (χ2v) is 5.19. The Hall–Kier alpha value is -0.480. The molecule has 2 nitrogen and oxygen atoms in total. The zero-order valence-corrected chi connectivity index (χ0v) is 11.1. The van der Waals surface area contributed by atoms with Crippen molar-refractivity contribution < 1.29 is 8.78 Å². The zero-order valence-electron chi connectivity index (χ0n) is 11.1. The molecule has 1 aliphatic heterocycles. The van der Waals surface area contributed by atoms with Gasteiger partial charge in [0.05, 0.1) is 6.04 Å². The minimum absolute atomic E-state index is 0.173. The van der Waals surface area contributed by atoms with Gasteiger partial charge < -0.3 is 10.6 Å². The second-order valence-electron chi connectivity index (χ2n) is 5.19. The van der Waals surface area contributed by atoms with E-state index in [4.69, 9.17) is 0 Å². The van der Waals surface area contributed by atoms with Gasteiger partial charge in [0, 0.05) is 13.0 Å². The van der Waals surface area contributed by atoms with Gasteiger partial charge in [0.25, 0.3) is 5.92 Å². The smallest absolute Gasteiger partial charge is 0.261 e. The van der Waals surface area contributed by atoms with E-state index in [0.717, 1.165) is 19.9 Å². The lowest BCUT2D eigenvalue weighted by molar-refractivity contribution is -0.0381. The summed E-state index contributed by atoms with van der Waals surface area (Å²) in [4.78, 5) is 0. The predicted octanol–water partition coefficient (Wildman–Crippen LogP) is 2.42. The van der Waals surface area contributed by atoms with E-state index < -0.39 is 12.0 Å². The molecule has 17 heavy (non-hydrogen) atoms. The Morgan fingerprint density at radius 1 is 1.47 bits per heavy atom. The van der Waals surface area contributed by atoms with E-state index in [1.807, 2.05) is 19.1 Å². The highest BCUT2D eigenvalue weighted by atomic mass is 19.3. The van der Waals surface area contributed by atoms with Crippen molar-refractivity contribution in [2.45, 2.75) is 45.2 Å². The summed E-state index contributed by atoms with van der Waals surface area (Å²) in [6.07, 6.45) is 4.97. The van der Waals surface area contributed by atoms with Crippen molar-refractivity contribution in [3.63, 3.8) is 0 Å². The van der Waals surface area contributed by atoms with Crippen LogP contribution in [-0.2, 0) is 0 Å². The third-order valence-corrected chi connectivity index (χ3v) is 3.49. The highest BCUT2D eigenvalue weighted by Crippen LogP contribution is 2.30. The molecule has 4 atom stereocenters. The largest absolute Gasteiger partial charge is 0.311 e. The lowest BCUT2D eigenvalue weighted by Crippen LogP contribution is -2.60. The molecule has 1 saturated heterocycles. The highest BCUT2D eigenvalue weighted by molar-refractivity contribution is 5.03. The molecular formula is C13H24F2N2. The van der Waals surface area contributed by atoms with E-state index in [0.29, 0.717) is 5.92 Å². The summed E-state index contributed by atoms with van der Waals surface area (Å²) in [7, 11) is 1.61. The average Bonchev–Trinajstić information content (AvgIpc) is 2.20. The number of nitrogens with one attached hydrogen (secondary N) is 2. The molecule has 0 aliphatic carbocycles. The van der Waals surface area contributed by atoms with Gasteiger partial charge in [-0.3, -0.25) is 0 Å². The maximum Gasteiger partial charge on any atom is 0.261 e. The van der Waals surface area contributed by atoms with E-state index in [1.54, 1.807) is 7.05 Å². The Morgan fingerprint density at radius 2 is 2.12 bits per heavy atom. The van der Waals surface area contributed by atoms with Crippen LogP contribution in [0.25, 0.3) is 0 Å². The normalized spacial score (nSPS) is 32.9. The molecule has 2 N–H and O–H groups in total. The van der Waals surface area contributed by atoms with Gasteiger partial charge in [0.15, 0.2) is 0 Å². The van der Waals surface area contributed by atoms with Crippen LogP contribution in [0.4, 0.5) is 8.78 Å². The Balaban J connectivity index is 2.84. The topological polar surface area (TPSA) is 24.1 Å². The quantitative estimate of drug-likeness (QED) is 0.744. The van der Waals surface area contributed by atoms with Gasteiger partial charge in [-0.25, -0.2) is 8.78 Å². The van der Waals surface area contributed by atoms with Crippen LogP contribution < -0.4 is 10.6 Å². The summed E-state index contributed by atoms with van der Waals surface area (Å²) >= 11 is 0. The molecule has 4 unspecified atom stereocenters. The van der Waals surface area contributed by atoms with Crippen molar-refractivity contribution >= 4 is 0 Å². The zero-order chi connectivity index (χ0) is 13.1. The summed E-state index contributed by atoms with van der Waals surface area (Å²) < 4.78 is 27.1. The minimum Gasteiger partial charge on any atom is -0.311 e. The van der Waals surface area contributed by atoms with Crippen molar-refractivity contribution in [1.29, 1.82) is 0 Å². The fourth-order valence-electron chi connectivity index (χ4n) is 2.74. The van der Waals surface area contributed by atoms with Gasteiger partial charge in [0.2, 0.25) is 0 Å². The van der Waals surface area contributed by atoms with E-state index in [-0.39, 0.29) is 12.0 Å². The average molecular weight is 246 g/mol. The van der Waals surface area contributed by atoms with Crippen molar-refractivity contribution in [3.05, 3.63) is 12.2 Å². The number of hydrogen-bond donors (Lipinski definition) is 2. The monoisotopic (exact) mass is 246 g/mol. The van der Waals surface area contributed by atoms with E-state index in [1.165, 1.54) is 0 Å². The molecule has 0 radical (unpaired) electrons. The molecule has 0 bridgehead atoms. The summed E-state index contributed by atoms with van der Waals surface area (Å²) in [5.74, 6) is -2.00. The first-order valence-electron chi connectivity index (χ1n) is 6.31. The van der Waals surface area contributed by atoms with E-state index in [9.17, 15) is 8.78 Å². The van der Waals surface area contributed by atoms with Gasteiger partial charge in [0.1, 0.15) is 0 Å². The third kappa shape index (κ3) is 3.75. The van der Waals surface area contributed by atoms with Crippen molar-refractivity contribution in [3.8, 4) is 0 Å². The molecule has 1 aliphatic rings. The number of halogens is 2. The van der Waals surface area contributed by atoms with Crippen molar-refractivity contribution in [2.75, 3.05) is 13.6 Å². The fourth-order valence-corrected chi connectivity index (χ4v) is 2.74. The first kappa shape index (κ1) is 14.6. The lowest BCUT2D eigenvalue weighted by Gasteiger charge is -2.41. The summed E-state index contributed by atoms with van der Waals surface area (Å²) in [6, 6.07) is -1.02. The van der Waals surface area contributed by atoms with E-state index >= 15 is 0 Å². The molecule has 4 heteroatoms. The molecule has 1 rings (SSSR count). The number of likely N-dealkylation sites (N-methyl/N-ethyl adjacent to an activating group) is 1. The third-order valence-electron chi connectivity index (χ3n) is 3.49. The number of allylic oxidation sites excluding steroid dienone is 1. The molecule has 0 aromatic rings. The molecule has 100 valence electrons. The summed E-state index contributed by atoms with van der Waals surface area (Å²) in [5, 5.41) is 6.04. The number of piperidine rings is 1. The Bertz CT molecular complexity index is 261. The van der Waals surface area contributed by atoms with Crippen LogP contribution in [0.3, 0.4) is 0 Å². The predicted molar refractivity (Wildman–Crippen MR) is 67.3 cm³/mol. The Kier molecular flexibility index (Phi) is 5.07. The minimum atomic E-state index is -2.72. The van der Waals surface area contributed by atoms with Crippen molar-refractivity contribution in [1.82, 2.24) is 10.6 Å². The molecule has 0 spiro atoms. The van der Waals surface area contributed by atoms with Crippen LogP contribution in [0.1, 0.15) is 27.2 Å². The molecule has 1 fully saturated rings. The van der Waals surface area contributed by atoms with Crippen LogP contribution in [0.15, 0.2) is 12.2 Å². The summed E-state index contributed by atoms with van der Waals surface area (Å²) in [5.41, 5.74) is 0. The SMILES string of the molecule is C/C=C\C1CC(C)CNC1C(NC)C(C)(F)F. The van der Waals surface area contributed by atoms with E-state index in [2.05, 4.69) is 17.6 Å². The molecule has 0 saturated carbocycles. The summed E-state index contributed by atoms with van der Waals surface area (Å²) in [6.45, 7) is 5.89. The molecule has 0 amide bonds. The van der Waals surface area contributed by atoms with Crippen LogP contribution in [0.5, 0.6) is 0 Å². The standard InChI is InChI=1S/C13H24F2N2/c1-5-6-10-7-9(2)8-17-11(10)12(16-4)13(3,14)15/h5-6,9-12,16-17H,7-8H2,1-4H3/b6-5-. The number of rotatable bonds is 4. The second kappa shape index (κ2) is 5.91. The Labute approximate surface area is 103 Å². The van der Waals surface area contributed by atoms with Crippen LogP contribution >= 0.6 is 0 Å². The van der Waals surface area contributed by atoms with Gasteiger partial charge in [-0.05, 0) is 38.8 Å². The maximum absolute atomic E-state index is 13.6. The molecule has 0 aromatic carbocycles. The van der Waals surface area contributed by atoms with Gasteiger partial charge in [-0.2, -0.15) is 0 Å². The maximum atomic E-state index is 13.6. The number of hydrogen-bond acceptors (Lipinski definition) is 2. The van der Waals surface area contributed by atoms with Crippen LogP contribution in [-0.4, -0.2) is 31.6 Å². The molecule has 0 aromatic heterocycles. The van der Waals surface area contributed by atoms with Crippen LogP contribution in [0, 0.1) is 11.8 Å². The van der Waals surface area contributed by atoms with Gasteiger partial charge in [-0.15, -0.1) is 0 Å². The fraction of sp³-hybridized carbons (Fsp3) is 0.846. The van der Waals surface area contributed by atoms with Crippen LogP contribution in [0.2, 0.25) is 0 Å². The highest BCUT2D eigenvalue weighted by Gasteiger charge is 2.43. The first-order chi connectivity index (χ1) is 7.90. The lowest BCUT2D eigenvalue weighted by atomic mass is 9.80. The van der Waals surface area contributed by atoms with Gasteiger partial charge in [-0.1, -0.05) is 19.1 Å². The van der Waals surface area contributed by atoms with Crippen molar-refractivity contribution in [2.24, 2.45) is 11.8 Å². The van der Waals surface area contributed by atoms with Gasteiger partial charge >= 0.3 is 0 Å². The molecular weight excluding hydrogens is 222 g/mol.